The van der Waals surface area contributed by atoms with Gasteiger partial charge in [0, 0.05) is 23.9 Å². The maximum Gasteiger partial charge on any atom is 0.0942 e. The molecule has 1 heterocycles. The summed E-state index contributed by atoms with van der Waals surface area (Å²) in [6, 6.07) is 0. The molecule has 146 valence electrons. The quantitative estimate of drug-likeness (QED) is 0.617. The van der Waals surface area contributed by atoms with Crippen molar-refractivity contribution in [3.63, 3.8) is 0 Å². The fourth-order valence-corrected chi connectivity index (χ4v) is 6.70. The highest BCUT2D eigenvalue weighted by Gasteiger charge is 2.68. The van der Waals surface area contributed by atoms with E-state index in [0.29, 0.717) is 18.8 Å². The molecule has 7 atom stereocenters. The molecule has 0 bridgehead atoms. The van der Waals surface area contributed by atoms with Gasteiger partial charge in [-0.15, -0.1) is 0 Å². The van der Waals surface area contributed by atoms with E-state index in [9.17, 15) is 20.4 Å². The van der Waals surface area contributed by atoms with Crippen LogP contribution in [0.25, 0.3) is 0 Å². The Morgan fingerprint density at radius 2 is 1.68 bits per heavy atom. The predicted molar refractivity (Wildman–Crippen MR) is 95.0 cm³/mol. The van der Waals surface area contributed by atoms with E-state index in [4.69, 9.17) is 4.74 Å². The normalized spacial score (nSPS) is 53.2. The summed E-state index contributed by atoms with van der Waals surface area (Å²) in [6.07, 6.45) is 5.15. The maximum atomic E-state index is 10.6. The molecule has 1 aliphatic heterocycles. The minimum absolute atomic E-state index is 0.0121. The second-order valence-corrected chi connectivity index (χ2v) is 9.47. The third-order valence-electron chi connectivity index (χ3n) is 8.46. The fraction of sp³-hybridized carbons (Fsp3) is 1.00. The van der Waals surface area contributed by atoms with Crippen molar-refractivity contribution in [3.8, 4) is 0 Å². The van der Waals surface area contributed by atoms with Crippen LogP contribution >= 0.6 is 0 Å². The molecule has 2 aliphatic carbocycles. The lowest BCUT2D eigenvalue weighted by atomic mass is 9.43. The Morgan fingerprint density at radius 3 is 2.28 bits per heavy atom. The summed E-state index contributed by atoms with van der Waals surface area (Å²) >= 11 is 0. The smallest absolute Gasteiger partial charge is 0.0942 e. The van der Waals surface area contributed by atoms with Crippen LogP contribution in [0.4, 0.5) is 0 Å². The Morgan fingerprint density at radius 1 is 0.960 bits per heavy atom. The van der Waals surface area contributed by atoms with E-state index in [1.165, 1.54) is 0 Å². The first-order chi connectivity index (χ1) is 11.7. The first kappa shape index (κ1) is 19.6. The maximum absolute atomic E-state index is 10.6. The van der Waals surface area contributed by atoms with Gasteiger partial charge < -0.3 is 25.2 Å². The van der Waals surface area contributed by atoms with Gasteiger partial charge in [-0.05, 0) is 50.4 Å². The van der Waals surface area contributed by atoms with Crippen molar-refractivity contribution in [1.82, 2.24) is 0 Å². The molecule has 0 aromatic carbocycles. The van der Waals surface area contributed by atoms with Crippen LogP contribution in [0.3, 0.4) is 0 Å². The van der Waals surface area contributed by atoms with Crippen LogP contribution in [0.5, 0.6) is 0 Å². The zero-order valence-electron chi connectivity index (χ0n) is 16.0. The summed E-state index contributed by atoms with van der Waals surface area (Å²) in [4.78, 5) is 0. The minimum Gasteiger partial charge on any atom is -0.396 e. The number of aliphatic hydroxyl groups is 4. The van der Waals surface area contributed by atoms with Gasteiger partial charge in [-0.2, -0.15) is 0 Å². The number of rotatable bonds is 4. The topological polar surface area (TPSA) is 90.2 Å². The molecule has 25 heavy (non-hydrogen) atoms. The number of fused-ring (bicyclic) bond motifs is 2. The van der Waals surface area contributed by atoms with Gasteiger partial charge in [0.1, 0.15) is 0 Å². The molecular weight excluding hydrogens is 320 g/mol. The van der Waals surface area contributed by atoms with Gasteiger partial charge in [-0.3, -0.25) is 0 Å². The Bertz CT molecular complexity index is 498. The zero-order chi connectivity index (χ0) is 18.5. The van der Waals surface area contributed by atoms with E-state index in [1.807, 2.05) is 6.92 Å². The summed E-state index contributed by atoms with van der Waals surface area (Å²) < 4.78 is 6.75. The van der Waals surface area contributed by atoms with Crippen molar-refractivity contribution in [1.29, 1.82) is 0 Å². The van der Waals surface area contributed by atoms with Gasteiger partial charge in [0.15, 0.2) is 0 Å². The van der Waals surface area contributed by atoms with Crippen molar-refractivity contribution >= 4 is 0 Å². The van der Waals surface area contributed by atoms with Crippen LogP contribution < -0.4 is 0 Å². The van der Waals surface area contributed by atoms with Crippen LogP contribution in [0.1, 0.15) is 65.7 Å². The van der Waals surface area contributed by atoms with E-state index in [1.54, 1.807) is 0 Å². The van der Waals surface area contributed by atoms with Crippen LogP contribution in [0.2, 0.25) is 0 Å². The Kier molecular flexibility index (Phi) is 5.05. The average Bonchev–Trinajstić information content (AvgIpc) is 2.99. The van der Waals surface area contributed by atoms with Crippen molar-refractivity contribution in [2.24, 2.45) is 22.7 Å². The molecular formula is C20H36O5. The van der Waals surface area contributed by atoms with Crippen LogP contribution in [0, 0.1) is 22.7 Å². The van der Waals surface area contributed by atoms with Crippen molar-refractivity contribution < 1.29 is 25.2 Å². The van der Waals surface area contributed by atoms with Gasteiger partial charge in [-0.25, -0.2) is 0 Å². The predicted octanol–water partition coefficient (Wildman–Crippen LogP) is 1.85. The first-order valence-corrected chi connectivity index (χ1v) is 9.94. The monoisotopic (exact) mass is 356 g/mol. The largest absolute Gasteiger partial charge is 0.396 e. The van der Waals surface area contributed by atoms with E-state index in [-0.39, 0.29) is 36.8 Å². The van der Waals surface area contributed by atoms with Crippen molar-refractivity contribution in [2.75, 3.05) is 19.8 Å². The highest BCUT2D eigenvalue weighted by molar-refractivity contribution is 5.17. The second-order valence-electron chi connectivity index (χ2n) is 9.47. The Balaban J connectivity index is 2.02. The van der Waals surface area contributed by atoms with Crippen molar-refractivity contribution in [2.45, 2.75) is 83.0 Å². The Hall–Kier alpha value is -0.200. The molecule has 3 aliphatic rings. The second kappa shape index (κ2) is 6.45. The molecule has 3 rings (SSSR count). The van der Waals surface area contributed by atoms with Crippen LogP contribution in [-0.4, -0.2) is 57.6 Å². The zero-order valence-corrected chi connectivity index (χ0v) is 16.0. The summed E-state index contributed by atoms with van der Waals surface area (Å²) in [6.45, 7) is 6.47. The SMILES string of the molecule is C[C@@H]1CC[C@@H]2[C@](C)(CO)[C@@H](O)CC[C@@]2(C)[C@]12CC[C@](CO)(CCO)O2. The summed E-state index contributed by atoms with van der Waals surface area (Å²) in [5, 5.41) is 40.2. The molecule has 5 heteroatoms. The van der Waals surface area contributed by atoms with Gasteiger partial charge >= 0.3 is 0 Å². The summed E-state index contributed by atoms with van der Waals surface area (Å²) in [7, 11) is 0. The van der Waals surface area contributed by atoms with Crippen LogP contribution in [0.15, 0.2) is 0 Å². The van der Waals surface area contributed by atoms with E-state index < -0.39 is 17.1 Å². The molecule has 2 saturated carbocycles. The highest BCUT2D eigenvalue weighted by Crippen LogP contribution is 2.67. The minimum atomic E-state index is -0.653. The Labute approximate surface area is 151 Å². The lowest BCUT2D eigenvalue weighted by Crippen LogP contribution is -2.66. The lowest BCUT2D eigenvalue weighted by Gasteiger charge is -2.65. The molecule has 0 amide bonds. The lowest BCUT2D eigenvalue weighted by molar-refractivity contribution is -0.272. The summed E-state index contributed by atoms with van der Waals surface area (Å²) in [5.74, 6) is 0.549. The molecule has 5 nitrogen and oxygen atoms in total. The van der Waals surface area contributed by atoms with Gasteiger partial charge in [0.25, 0.3) is 0 Å². The third-order valence-corrected chi connectivity index (χ3v) is 8.46. The fourth-order valence-electron chi connectivity index (χ4n) is 6.70. The molecule has 0 aromatic heterocycles. The molecule has 0 unspecified atom stereocenters. The van der Waals surface area contributed by atoms with Gasteiger partial charge in [-0.1, -0.05) is 20.8 Å². The molecule has 4 N–H and O–H groups in total. The third kappa shape index (κ3) is 2.53. The molecule has 0 radical (unpaired) electrons. The van der Waals surface area contributed by atoms with Gasteiger partial charge in [0.05, 0.1) is 30.5 Å². The molecule has 3 fully saturated rings. The van der Waals surface area contributed by atoms with E-state index in [2.05, 4.69) is 13.8 Å². The van der Waals surface area contributed by atoms with E-state index in [0.717, 1.165) is 32.1 Å². The number of aliphatic hydroxyl groups excluding tert-OH is 4. The van der Waals surface area contributed by atoms with Gasteiger partial charge in [0.2, 0.25) is 0 Å². The average molecular weight is 357 g/mol. The highest BCUT2D eigenvalue weighted by atomic mass is 16.5. The standard InChI is InChI=1S/C20H36O5/c1-14-4-5-15-17(2,12-22)16(24)6-7-18(15,3)20(14)9-8-19(13-23,25-20)10-11-21/h14-16,21-24H,4-13H2,1-3H3/t14-,15-,16+,17+,18-,19-,20+/m1/s1. The number of ether oxygens (including phenoxy) is 1. The molecule has 1 saturated heterocycles. The van der Waals surface area contributed by atoms with E-state index >= 15 is 0 Å². The van der Waals surface area contributed by atoms with Crippen LogP contribution in [-0.2, 0) is 4.74 Å². The number of hydrogen-bond acceptors (Lipinski definition) is 5. The summed E-state index contributed by atoms with van der Waals surface area (Å²) in [5.41, 5.74) is -1.66. The number of hydrogen-bond donors (Lipinski definition) is 4. The molecule has 0 aromatic rings. The first-order valence-electron chi connectivity index (χ1n) is 9.94. The molecule has 1 spiro atoms. The van der Waals surface area contributed by atoms with Crippen molar-refractivity contribution in [3.05, 3.63) is 0 Å².